The van der Waals surface area contributed by atoms with Gasteiger partial charge in [0.2, 0.25) is 0 Å². The molecule has 20 heavy (non-hydrogen) atoms. The van der Waals surface area contributed by atoms with E-state index in [2.05, 4.69) is 23.6 Å². The average molecular weight is 278 g/mol. The fourth-order valence-electron chi connectivity index (χ4n) is 1.72. The first-order chi connectivity index (χ1) is 9.65. The molecule has 0 radical (unpaired) electrons. The molecule has 1 rings (SSSR count). The predicted octanol–water partition coefficient (Wildman–Crippen LogP) is 2.48. The van der Waals surface area contributed by atoms with Gasteiger partial charge in [0.15, 0.2) is 6.61 Å². The Kier molecular flexibility index (Phi) is 7.73. The van der Waals surface area contributed by atoms with E-state index in [0.717, 1.165) is 31.7 Å². The maximum absolute atomic E-state index is 11.6. The smallest absolute Gasteiger partial charge is 0.258 e. The Morgan fingerprint density at radius 2 is 2.15 bits per heavy atom. The number of ether oxygens (including phenoxy) is 1. The average Bonchev–Trinajstić information content (AvgIpc) is 2.46. The van der Waals surface area contributed by atoms with Crippen molar-refractivity contribution in [2.75, 3.05) is 13.2 Å². The van der Waals surface area contributed by atoms with Crippen LogP contribution in [0, 0.1) is 0 Å². The number of amides is 1. The maximum Gasteiger partial charge on any atom is 0.258 e. The molecule has 4 nitrogen and oxygen atoms in total. The number of hydrogen-bond acceptors (Lipinski definition) is 3. The first-order valence-corrected chi connectivity index (χ1v) is 7.37. The second kappa shape index (κ2) is 9.37. The number of nitrogens with one attached hydrogen (secondary N) is 2. The lowest BCUT2D eigenvalue weighted by Crippen LogP contribution is -2.35. The van der Waals surface area contributed by atoms with Gasteiger partial charge in [0.1, 0.15) is 5.75 Å². The molecule has 0 saturated heterocycles. The zero-order valence-electron chi connectivity index (χ0n) is 12.7. The summed E-state index contributed by atoms with van der Waals surface area (Å²) in [6.07, 6.45) is 2.04. The van der Waals surface area contributed by atoms with E-state index in [1.807, 2.05) is 32.0 Å². The standard InChI is InChI=1S/C16H26N2O2/c1-4-9-17-11-14-7-6-8-15(10-14)20-12-16(19)18-13(3)5-2/h6-8,10,13,17H,4-5,9,11-12H2,1-3H3,(H,18,19). The Morgan fingerprint density at radius 1 is 1.35 bits per heavy atom. The van der Waals surface area contributed by atoms with Crippen molar-refractivity contribution in [2.24, 2.45) is 0 Å². The summed E-state index contributed by atoms with van der Waals surface area (Å²) in [5, 5.41) is 6.22. The van der Waals surface area contributed by atoms with Crippen molar-refractivity contribution >= 4 is 5.91 Å². The van der Waals surface area contributed by atoms with Crippen molar-refractivity contribution in [3.63, 3.8) is 0 Å². The molecular formula is C16H26N2O2. The fraction of sp³-hybridized carbons (Fsp3) is 0.562. The Bertz CT molecular complexity index is 407. The van der Waals surface area contributed by atoms with Gasteiger partial charge in [0.25, 0.3) is 5.91 Å². The molecule has 2 N–H and O–H groups in total. The first kappa shape index (κ1) is 16.5. The van der Waals surface area contributed by atoms with Crippen LogP contribution in [0.1, 0.15) is 39.2 Å². The van der Waals surface area contributed by atoms with Gasteiger partial charge in [-0.05, 0) is 44.0 Å². The van der Waals surface area contributed by atoms with E-state index in [4.69, 9.17) is 4.74 Å². The van der Waals surface area contributed by atoms with Crippen LogP contribution in [0.15, 0.2) is 24.3 Å². The lowest BCUT2D eigenvalue weighted by Gasteiger charge is -2.12. The van der Waals surface area contributed by atoms with E-state index in [1.165, 1.54) is 5.56 Å². The van der Waals surface area contributed by atoms with Crippen LogP contribution in [0.25, 0.3) is 0 Å². The maximum atomic E-state index is 11.6. The fourth-order valence-corrected chi connectivity index (χ4v) is 1.72. The quantitative estimate of drug-likeness (QED) is 0.682. The highest BCUT2D eigenvalue weighted by Gasteiger charge is 2.06. The van der Waals surface area contributed by atoms with Gasteiger partial charge in [-0.1, -0.05) is 26.0 Å². The van der Waals surface area contributed by atoms with Gasteiger partial charge in [-0.15, -0.1) is 0 Å². The van der Waals surface area contributed by atoms with Crippen molar-refractivity contribution in [1.29, 1.82) is 0 Å². The SMILES string of the molecule is CCCNCc1cccc(OCC(=O)NC(C)CC)c1. The van der Waals surface area contributed by atoms with Crippen molar-refractivity contribution in [1.82, 2.24) is 10.6 Å². The van der Waals surface area contributed by atoms with Crippen LogP contribution < -0.4 is 15.4 Å². The molecule has 112 valence electrons. The number of benzene rings is 1. The Hall–Kier alpha value is -1.55. The number of rotatable bonds is 9. The summed E-state index contributed by atoms with van der Waals surface area (Å²) in [6.45, 7) is 8.06. The van der Waals surface area contributed by atoms with Crippen LogP contribution in [-0.4, -0.2) is 25.1 Å². The topological polar surface area (TPSA) is 50.4 Å². The summed E-state index contributed by atoms with van der Waals surface area (Å²) >= 11 is 0. The summed E-state index contributed by atoms with van der Waals surface area (Å²) < 4.78 is 5.52. The summed E-state index contributed by atoms with van der Waals surface area (Å²) in [5.74, 6) is 0.661. The highest BCUT2D eigenvalue weighted by atomic mass is 16.5. The molecular weight excluding hydrogens is 252 g/mol. The van der Waals surface area contributed by atoms with Crippen molar-refractivity contribution < 1.29 is 9.53 Å². The largest absolute Gasteiger partial charge is 0.484 e. The van der Waals surface area contributed by atoms with Crippen LogP contribution in [0.3, 0.4) is 0 Å². The second-order valence-corrected chi connectivity index (χ2v) is 4.99. The minimum atomic E-state index is -0.0751. The third kappa shape index (κ3) is 6.57. The molecule has 1 aromatic carbocycles. The summed E-state index contributed by atoms with van der Waals surface area (Å²) in [7, 11) is 0. The molecule has 1 amide bonds. The zero-order chi connectivity index (χ0) is 14.8. The summed E-state index contributed by atoms with van der Waals surface area (Å²) in [6, 6.07) is 8.04. The third-order valence-electron chi connectivity index (χ3n) is 3.04. The van der Waals surface area contributed by atoms with Crippen molar-refractivity contribution in [3.8, 4) is 5.75 Å². The van der Waals surface area contributed by atoms with Gasteiger partial charge < -0.3 is 15.4 Å². The molecule has 0 spiro atoms. The van der Waals surface area contributed by atoms with Gasteiger partial charge in [-0.3, -0.25) is 4.79 Å². The van der Waals surface area contributed by atoms with Crippen LogP contribution in [0.2, 0.25) is 0 Å². The lowest BCUT2D eigenvalue weighted by molar-refractivity contribution is -0.123. The van der Waals surface area contributed by atoms with E-state index in [-0.39, 0.29) is 18.6 Å². The zero-order valence-corrected chi connectivity index (χ0v) is 12.7. The third-order valence-corrected chi connectivity index (χ3v) is 3.04. The second-order valence-electron chi connectivity index (χ2n) is 4.99. The molecule has 4 heteroatoms. The Balaban J connectivity index is 2.39. The summed E-state index contributed by atoms with van der Waals surface area (Å²) in [5.41, 5.74) is 1.17. The molecule has 0 fully saturated rings. The van der Waals surface area contributed by atoms with Crippen LogP contribution >= 0.6 is 0 Å². The van der Waals surface area contributed by atoms with Crippen molar-refractivity contribution in [2.45, 2.75) is 46.2 Å². The molecule has 1 unspecified atom stereocenters. The van der Waals surface area contributed by atoms with Gasteiger partial charge in [-0.2, -0.15) is 0 Å². The van der Waals surface area contributed by atoms with Crippen LogP contribution in [0.5, 0.6) is 5.75 Å². The van der Waals surface area contributed by atoms with Gasteiger partial charge in [-0.25, -0.2) is 0 Å². The normalized spacial score (nSPS) is 11.9. The molecule has 0 saturated carbocycles. The highest BCUT2D eigenvalue weighted by Crippen LogP contribution is 2.13. The first-order valence-electron chi connectivity index (χ1n) is 7.37. The van der Waals surface area contributed by atoms with E-state index < -0.39 is 0 Å². The number of hydrogen-bond donors (Lipinski definition) is 2. The van der Waals surface area contributed by atoms with E-state index in [1.54, 1.807) is 0 Å². The van der Waals surface area contributed by atoms with Crippen molar-refractivity contribution in [3.05, 3.63) is 29.8 Å². The monoisotopic (exact) mass is 278 g/mol. The molecule has 0 aliphatic rings. The molecule has 0 aliphatic heterocycles. The number of carbonyl (C=O) groups excluding carboxylic acids is 1. The van der Waals surface area contributed by atoms with Gasteiger partial charge in [0.05, 0.1) is 0 Å². The van der Waals surface area contributed by atoms with Gasteiger partial charge in [0, 0.05) is 12.6 Å². The minimum Gasteiger partial charge on any atom is -0.484 e. The van der Waals surface area contributed by atoms with Gasteiger partial charge >= 0.3 is 0 Å². The van der Waals surface area contributed by atoms with Crippen LogP contribution in [0.4, 0.5) is 0 Å². The molecule has 0 bridgehead atoms. The lowest BCUT2D eigenvalue weighted by atomic mass is 10.2. The Labute approximate surface area is 121 Å². The molecule has 1 atom stereocenters. The minimum absolute atomic E-state index is 0.0657. The highest BCUT2D eigenvalue weighted by molar-refractivity contribution is 5.77. The molecule has 0 aliphatic carbocycles. The number of carbonyl (C=O) groups is 1. The summed E-state index contributed by atoms with van der Waals surface area (Å²) in [4.78, 5) is 11.6. The van der Waals surface area contributed by atoms with E-state index in [0.29, 0.717) is 0 Å². The van der Waals surface area contributed by atoms with E-state index >= 15 is 0 Å². The Morgan fingerprint density at radius 3 is 2.85 bits per heavy atom. The van der Waals surface area contributed by atoms with Crippen LogP contribution in [-0.2, 0) is 11.3 Å². The van der Waals surface area contributed by atoms with E-state index in [9.17, 15) is 4.79 Å². The molecule has 1 aromatic rings. The predicted molar refractivity (Wildman–Crippen MR) is 81.8 cm³/mol. The molecule has 0 aromatic heterocycles. The molecule has 0 heterocycles.